The van der Waals surface area contributed by atoms with Gasteiger partial charge in [0.25, 0.3) is 0 Å². The zero-order valence-corrected chi connectivity index (χ0v) is 19.4. The van der Waals surface area contributed by atoms with Crippen LogP contribution in [0, 0.1) is 0 Å². The van der Waals surface area contributed by atoms with E-state index in [0.717, 1.165) is 33.9 Å². The molecule has 0 spiro atoms. The molecule has 0 saturated carbocycles. The molecule has 0 unspecified atom stereocenters. The molecular formula is C25H27N3O3S. The number of hydrogen-bond acceptors (Lipinski definition) is 5. The molecule has 1 amide bonds. The fourth-order valence-electron chi connectivity index (χ4n) is 3.62. The average molecular weight is 450 g/mol. The molecule has 2 aromatic carbocycles. The first-order valence-corrected chi connectivity index (χ1v) is 11.5. The Hall–Kier alpha value is -3.32. The second kappa shape index (κ2) is 9.87. The lowest BCUT2D eigenvalue weighted by Gasteiger charge is -2.10. The van der Waals surface area contributed by atoms with Crippen LogP contribution < -0.4 is 14.8 Å². The lowest BCUT2D eigenvalue weighted by Crippen LogP contribution is -2.27. The van der Waals surface area contributed by atoms with Gasteiger partial charge in [0, 0.05) is 29.4 Å². The van der Waals surface area contributed by atoms with E-state index in [-0.39, 0.29) is 5.91 Å². The van der Waals surface area contributed by atoms with E-state index in [4.69, 9.17) is 14.5 Å². The molecule has 0 fully saturated rings. The highest BCUT2D eigenvalue weighted by Crippen LogP contribution is 2.28. The van der Waals surface area contributed by atoms with E-state index in [1.165, 1.54) is 5.56 Å². The van der Waals surface area contributed by atoms with Gasteiger partial charge >= 0.3 is 0 Å². The second-order valence-corrected chi connectivity index (χ2v) is 8.36. The average Bonchev–Trinajstić information content (AvgIpc) is 3.41. The van der Waals surface area contributed by atoms with Crippen LogP contribution in [-0.2, 0) is 24.1 Å². The molecule has 0 atom stereocenters. The summed E-state index contributed by atoms with van der Waals surface area (Å²) in [5.74, 6) is 1.38. The predicted octanol–water partition coefficient (Wildman–Crippen LogP) is 4.54. The molecule has 0 saturated heterocycles. The van der Waals surface area contributed by atoms with E-state index >= 15 is 0 Å². The molecule has 2 aromatic heterocycles. The van der Waals surface area contributed by atoms with E-state index in [1.807, 2.05) is 34.2 Å². The number of hydrogen-bond donors (Lipinski definition) is 1. The van der Waals surface area contributed by atoms with Crippen LogP contribution in [0.2, 0.25) is 0 Å². The monoisotopic (exact) mass is 449 g/mol. The van der Waals surface area contributed by atoms with Gasteiger partial charge in [-0.1, -0.05) is 37.3 Å². The van der Waals surface area contributed by atoms with Crippen molar-refractivity contribution in [3.8, 4) is 22.8 Å². The maximum atomic E-state index is 12.5. The van der Waals surface area contributed by atoms with Gasteiger partial charge in [0.05, 0.1) is 26.3 Å². The standard InChI is InChI=1S/C25H27N3O3S/c1-4-17-5-8-19(9-6-17)21-15-28-20(16-32-25(28)27-21)14-24(29)26-12-11-18-7-10-22(30-2)23(13-18)31-3/h5-10,13,15-16H,4,11-12,14H2,1-3H3,(H,26,29). The number of rotatable bonds is 9. The van der Waals surface area contributed by atoms with Crippen molar-refractivity contribution < 1.29 is 14.3 Å². The lowest BCUT2D eigenvalue weighted by molar-refractivity contribution is -0.120. The smallest absolute Gasteiger partial charge is 0.225 e. The van der Waals surface area contributed by atoms with Gasteiger partial charge in [0.15, 0.2) is 16.5 Å². The van der Waals surface area contributed by atoms with Gasteiger partial charge < -0.3 is 14.8 Å². The van der Waals surface area contributed by atoms with Crippen molar-refractivity contribution >= 4 is 22.2 Å². The number of methoxy groups -OCH3 is 2. The number of benzene rings is 2. The minimum atomic E-state index is -0.00674. The summed E-state index contributed by atoms with van der Waals surface area (Å²) in [7, 11) is 3.23. The summed E-state index contributed by atoms with van der Waals surface area (Å²) in [4.78, 5) is 18.2. The third-order valence-corrected chi connectivity index (χ3v) is 6.36. The Morgan fingerprint density at radius 2 is 1.81 bits per heavy atom. The Bertz CT molecular complexity index is 1210. The third-order valence-electron chi connectivity index (χ3n) is 5.47. The van der Waals surface area contributed by atoms with Crippen molar-refractivity contribution in [1.29, 1.82) is 0 Å². The fraction of sp³-hybridized carbons (Fsp3) is 0.280. The molecule has 4 aromatic rings. The lowest BCUT2D eigenvalue weighted by atomic mass is 10.1. The fourth-order valence-corrected chi connectivity index (χ4v) is 4.49. The number of aryl methyl sites for hydroxylation is 1. The van der Waals surface area contributed by atoms with Gasteiger partial charge in [-0.25, -0.2) is 4.98 Å². The first-order valence-electron chi connectivity index (χ1n) is 10.6. The molecule has 0 bridgehead atoms. The Balaban J connectivity index is 1.37. The summed E-state index contributed by atoms with van der Waals surface area (Å²) in [5, 5.41) is 5.01. The van der Waals surface area contributed by atoms with E-state index in [2.05, 4.69) is 36.5 Å². The van der Waals surface area contributed by atoms with E-state index < -0.39 is 0 Å². The van der Waals surface area contributed by atoms with Crippen molar-refractivity contribution in [3.05, 3.63) is 70.9 Å². The van der Waals surface area contributed by atoms with Crippen molar-refractivity contribution in [1.82, 2.24) is 14.7 Å². The topological polar surface area (TPSA) is 64.9 Å². The molecular weight excluding hydrogens is 422 g/mol. The highest BCUT2D eigenvalue weighted by molar-refractivity contribution is 7.15. The van der Waals surface area contributed by atoms with Crippen molar-refractivity contribution in [2.45, 2.75) is 26.2 Å². The van der Waals surface area contributed by atoms with Gasteiger partial charge in [-0.15, -0.1) is 11.3 Å². The van der Waals surface area contributed by atoms with Crippen molar-refractivity contribution in [3.63, 3.8) is 0 Å². The number of amides is 1. The number of imidazole rings is 1. The molecule has 0 radical (unpaired) electrons. The zero-order chi connectivity index (χ0) is 22.5. The summed E-state index contributed by atoms with van der Waals surface area (Å²) < 4.78 is 12.6. The second-order valence-electron chi connectivity index (χ2n) is 7.52. The van der Waals surface area contributed by atoms with Crippen molar-refractivity contribution in [2.75, 3.05) is 20.8 Å². The summed E-state index contributed by atoms with van der Waals surface area (Å²) >= 11 is 1.55. The van der Waals surface area contributed by atoms with Crippen LogP contribution in [0.5, 0.6) is 11.5 Å². The van der Waals surface area contributed by atoms with Crippen LogP contribution in [0.15, 0.2) is 54.0 Å². The maximum absolute atomic E-state index is 12.5. The number of ether oxygens (including phenoxy) is 2. The predicted molar refractivity (Wildman–Crippen MR) is 128 cm³/mol. The number of fused-ring (bicyclic) bond motifs is 1. The van der Waals surface area contributed by atoms with Crippen LogP contribution in [-0.4, -0.2) is 36.1 Å². The molecule has 6 nitrogen and oxygen atoms in total. The molecule has 0 aliphatic rings. The highest BCUT2D eigenvalue weighted by atomic mass is 32.1. The van der Waals surface area contributed by atoms with Crippen LogP contribution in [0.25, 0.3) is 16.2 Å². The number of aromatic nitrogens is 2. The largest absolute Gasteiger partial charge is 0.493 e. The van der Waals surface area contributed by atoms with E-state index in [9.17, 15) is 4.79 Å². The molecule has 0 aliphatic heterocycles. The van der Waals surface area contributed by atoms with Crippen LogP contribution >= 0.6 is 11.3 Å². The first-order chi connectivity index (χ1) is 15.6. The van der Waals surface area contributed by atoms with Crippen LogP contribution in [0.3, 0.4) is 0 Å². The molecule has 2 heterocycles. The Kier molecular flexibility index (Phi) is 6.75. The minimum absolute atomic E-state index is 0.00674. The first kappa shape index (κ1) is 21.9. The number of carbonyl (C=O) groups excluding carboxylic acids is 1. The normalized spacial score (nSPS) is 11.0. The van der Waals surface area contributed by atoms with Crippen molar-refractivity contribution in [2.24, 2.45) is 0 Å². The van der Waals surface area contributed by atoms with Gasteiger partial charge in [-0.05, 0) is 36.1 Å². The van der Waals surface area contributed by atoms with E-state index in [0.29, 0.717) is 30.9 Å². The quantitative estimate of drug-likeness (QED) is 0.407. The Morgan fingerprint density at radius 3 is 2.53 bits per heavy atom. The number of nitrogens with zero attached hydrogens (tertiary/aromatic N) is 2. The minimum Gasteiger partial charge on any atom is -0.493 e. The summed E-state index contributed by atoms with van der Waals surface area (Å²) in [5.41, 5.74) is 5.34. The summed E-state index contributed by atoms with van der Waals surface area (Å²) in [6.07, 6.45) is 4.06. The molecule has 4 rings (SSSR count). The van der Waals surface area contributed by atoms with Gasteiger partial charge in [-0.2, -0.15) is 0 Å². The maximum Gasteiger partial charge on any atom is 0.225 e. The van der Waals surface area contributed by atoms with Gasteiger partial charge in [0.1, 0.15) is 0 Å². The number of thiazole rings is 1. The zero-order valence-electron chi connectivity index (χ0n) is 18.6. The Morgan fingerprint density at radius 1 is 1.06 bits per heavy atom. The van der Waals surface area contributed by atoms with Crippen LogP contribution in [0.4, 0.5) is 0 Å². The molecule has 166 valence electrons. The van der Waals surface area contributed by atoms with E-state index in [1.54, 1.807) is 25.6 Å². The summed E-state index contributed by atoms with van der Waals surface area (Å²) in [6, 6.07) is 14.3. The Labute approximate surface area is 191 Å². The summed E-state index contributed by atoms with van der Waals surface area (Å²) in [6.45, 7) is 2.70. The SMILES string of the molecule is CCc1ccc(-c2cn3c(CC(=O)NCCc4ccc(OC)c(OC)c4)csc3n2)cc1. The molecule has 0 aliphatic carbocycles. The van der Waals surface area contributed by atoms with Gasteiger partial charge in [-0.3, -0.25) is 9.20 Å². The molecule has 1 N–H and O–H groups in total. The highest BCUT2D eigenvalue weighted by Gasteiger charge is 2.13. The van der Waals surface area contributed by atoms with Crippen LogP contribution in [0.1, 0.15) is 23.7 Å². The van der Waals surface area contributed by atoms with Gasteiger partial charge in [0.2, 0.25) is 5.91 Å². The molecule has 7 heteroatoms. The number of carbonyl (C=O) groups is 1. The number of nitrogens with one attached hydrogen (secondary N) is 1. The third kappa shape index (κ3) is 4.78. The molecule has 32 heavy (non-hydrogen) atoms.